The molecule has 44 heavy (non-hydrogen) atoms. The Morgan fingerprint density at radius 1 is 1.14 bits per heavy atom. The standard InChI is InChI=1S/C30H36N6O8/c1-16-12-36(17(2)14-37)28(38)21-7-6-8-22(32-29(39)33-26-18(3)34-44-19(26)4)27(21)43-25(16)13-35(5)30(40)31-20-9-10-23-24(11-20)42-15-41-23/h6-11,16-17,25,37H,12-15H2,1-5H3,(H,31,40)(H2,32,33,39)/t16-,17-,25+/m0/s1. The van der Waals surface area contributed by atoms with Crippen molar-refractivity contribution in [3.8, 4) is 17.2 Å². The van der Waals surface area contributed by atoms with E-state index in [0.29, 0.717) is 34.3 Å². The van der Waals surface area contributed by atoms with Crippen LogP contribution in [0, 0.1) is 19.8 Å². The van der Waals surface area contributed by atoms with Gasteiger partial charge in [-0.3, -0.25) is 4.79 Å². The summed E-state index contributed by atoms with van der Waals surface area (Å²) in [4.78, 5) is 43.0. The highest BCUT2D eigenvalue weighted by atomic mass is 16.7. The van der Waals surface area contributed by atoms with Gasteiger partial charge < -0.3 is 49.6 Å². The first-order valence-corrected chi connectivity index (χ1v) is 14.2. The second-order valence-electron chi connectivity index (χ2n) is 11.0. The van der Waals surface area contributed by atoms with Crippen molar-refractivity contribution >= 4 is 35.0 Å². The van der Waals surface area contributed by atoms with E-state index in [-0.39, 0.29) is 61.3 Å². The number of hydrogen-bond acceptors (Lipinski definition) is 9. The molecule has 14 nitrogen and oxygen atoms in total. The molecule has 0 saturated carbocycles. The van der Waals surface area contributed by atoms with Crippen LogP contribution in [0.15, 0.2) is 40.9 Å². The second-order valence-corrected chi connectivity index (χ2v) is 11.0. The molecule has 2 aromatic carbocycles. The van der Waals surface area contributed by atoms with Gasteiger partial charge in [0, 0.05) is 31.3 Å². The molecule has 2 aliphatic heterocycles. The lowest BCUT2D eigenvalue weighted by Gasteiger charge is -2.38. The Labute approximate surface area is 254 Å². The number of benzene rings is 2. The number of nitrogens with zero attached hydrogens (tertiary/aromatic N) is 3. The van der Waals surface area contributed by atoms with E-state index in [1.54, 1.807) is 69.1 Å². The lowest BCUT2D eigenvalue weighted by Crippen LogP contribution is -2.50. The highest BCUT2D eigenvalue weighted by Crippen LogP contribution is 2.36. The van der Waals surface area contributed by atoms with Gasteiger partial charge in [0.05, 0.1) is 30.4 Å². The minimum Gasteiger partial charge on any atom is -0.485 e. The van der Waals surface area contributed by atoms with Crippen molar-refractivity contribution < 1.29 is 38.2 Å². The summed E-state index contributed by atoms with van der Waals surface area (Å²) < 4.78 is 22.4. The number of ether oxygens (including phenoxy) is 3. The highest BCUT2D eigenvalue weighted by Gasteiger charge is 2.35. The van der Waals surface area contributed by atoms with Crippen LogP contribution in [0.5, 0.6) is 17.2 Å². The fourth-order valence-electron chi connectivity index (χ4n) is 5.03. The van der Waals surface area contributed by atoms with Crippen LogP contribution in [-0.4, -0.2) is 83.7 Å². The molecular formula is C30H36N6O8. The first-order chi connectivity index (χ1) is 21.0. The zero-order valence-corrected chi connectivity index (χ0v) is 25.2. The molecule has 0 bridgehead atoms. The Kier molecular flexibility index (Phi) is 8.81. The number of aliphatic hydroxyl groups is 1. The monoisotopic (exact) mass is 608 g/mol. The van der Waals surface area contributed by atoms with Crippen LogP contribution in [0.1, 0.15) is 35.7 Å². The number of carbonyl (C=O) groups is 3. The van der Waals surface area contributed by atoms with Crippen LogP contribution in [-0.2, 0) is 0 Å². The van der Waals surface area contributed by atoms with Gasteiger partial charge in [-0.05, 0) is 45.0 Å². The number of aliphatic hydroxyl groups excluding tert-OH is 1. The first-order valence-electron chi connectivity index (χ1n) is 14.2. The average Bonchev–Trinajstić information content (AvgIpc) is 3.60. The zero-order valence-electron chi connectivity index (χ0n) is 25.2. The van der Waals surface area contributed by atoms with Crippen molar-refractivity contribution in [2.45, 2.75) is 39.8 Å². The number of aryl methyl sites for hydroxylation is 2. The topological polar surface area (TPSA) is 168 Å². The highest BCUT2D eigenvalue weighted by molar-refractivity contribution is 6.04. The van der Waals surface area contributed by atoms with Crippen molar-refractivity contribution in [2.75, 3.05) is 49.5 Å². The number of fused-ring (bicyclic) bond motifs is 2. The maximum absolute atomic E-state index is 13.7. The number of para-hydroxylation sites is 1. The van der Waals surface area contributed by atoms with E-state index in [0.717, 1.165) is 0 Å². The van der Waals surface area contributed by atoms with Gasteiger partial charge in [-0.25, -0.2) is 9.59 Å². The molecule has 2 aliphatic rings. The third-order valence-corrected chi connectivity index (χ3v) is 7.64. The molecule has 0 saturated heterocycles. The largest absolute Gasteiger partial charge is 0.485 e. The minimum atomic E-state index is -0.601. The summed E-state index contributed by atoms with van der Waals surface area (Å²) in [5, 5.41) is 22.2. The number of hydrogen-bond donors (Lipinski definition) is 4. The van der Waals surface area contributed by atoms with Crippen LogP contribution >= 0.6 is 0 Å². The van der Waals surface area contributed by atoms with Gasteiger partial charge in [0.25, 0.3) is 5.91 Å². The van der Waals surface area contributed by atoms with Crippen molar-refractivity contribution in [2.24, 2.45) is 5.92 Å². The molecular weight excluding hydrogens is 572 g/mol. The number of rotatable bonds is 7. The maximum Gasteiger partial charge on any atom is 0.323 e. The molecule has 1 aromatic heterocycles. The van der Waals surface area contributed by atoms with Gasteiger partial charge in [-0.15, -0.1) is 0 Å². The summed E-state index contributed by atoms with van der Waals surface area (Å²) >= 11 is 0. The lowest BCUT2D eigenvalue weighted by molar-refractivity contribution is 0.0373. The molecule has 0 unspecified atom stereocenters. The van der Waals surface area contributed by atoms with Crippen LogP contribution < -0.4 is 30.2 Å². The average molecular weight is 609 g/mol. The summed E-state index contributed by atoms with van der Waals surface area (Å²) in [7, 11) is 1.64. The van der Waals surface area contributed by atoms with Gasteiger partial charge >= 0.3 is 12.1 Å². The van der Waals surface area contributed by atoms with Gasteiger partial charge in [-0.2, -0.15) is 0 Å². The van der Waals surface area contributed by atoms with E-state index in [1.807, 2.05) is 6.92 Å². The molecule has 0 fully saturated rings. The Morgan fingerprint density at radius 3 is 2.64 bits per heavy atom. The molecule has 5 amide bonds. The lowest BCUT2D eigenvalue weighted by atomic mass is 9.99. The Bertz CT molecular complexity index is 1540. The number of aromatic nitrogens is 1. The Balaban J connectivity index is 1.40. The van der Waals surface area contributed by atoms with Crippen LogP contribution in [0.2, 0.25) is 0 Å². The smallest absolute Gasteiger partial charge is 0.323 e. The molecule has 3 aromatic rings. The summed E-state index contributed by atoms with van der Waals surface area (Å²) in [6, 6.07) is 8.54. The number of nitrogens with one attached hydrogen (secondary N) is 3. The van der Waals surface area contributed by atoms with Crippen molar-refractivity contribution in [3.63, 3.8) is 0 Å². The summed E-state index contributed by atoms with van der Waals surface area (Å²) in [5.74, 6) is 1.12. The van der Waals surface area contributed by atoms with Crippen LogP contribution in [0.25, 0.3) is 0 Å². The molecule has 0 spiro atoms. The van der Waals surface area contributed by atoms with Gasteiger partial charge in [0.2, 0.25) is 6.79 Å². The molecule has 234 valence electrons. The molecule has 3 heterocycles. The normalized spacial score (nSPS) is 18.0. The predicted octanol–water partition coefficient (Wildman–Crippen LogP) is 4.05. The zero-order chi connectivity index (χ0) is 31.5. The molecule has 4 N–H and O–H groups in total. The third-order valence-electron chi connectivity index (χ3n) is 7.64. The molecule has 3 atom stereocenters. The second kappa shape index (κ2) is 12.7. The van der Waals surface area contributed by atoms with Crippen molar-refractivity contribution in [1.82, 2.24) is 15.0 Å². The Hall–Kier alpha value is -4.98. The van der Waals surface area contributed by atoms with E-state index < -0.39 is 18.2 Å². The van der Waals surface area contributed by atoms with E-state index in [1.165, 1.54) is 4.90 Å². The molecule has 0 radical (unpaired) electrons. The quantitative estimate of drug-likeness (QED) is 0.309. The predicted molar refractivity (Wildman–Crippen MR) is 160 cm³/mol. The van der Waals surface area contributed by atoms with E-state index in [2.05, 4.69) is 21.1 Å². The van der Waals surface area contributed by atoms with Gasteiger partial charge in [0.1, 0.15) is 17.5 Å². The number of amides is 5. The number of anilines is 3. The minimum absolute atomic E-state index is 0.123. The fraction of sp³-hybridized carbons (Fsp3) is 0.400. The van der Waals surface area contributed by atoms with Crippen molar-refractivity contribution in [3.05, 3.63) is 53.4 Å². The third kappa shape index (κ3) is 6.34. The first kappa shape index (κ1) is 30.5. The Morgan fingerprint density at radius 2 is 1.91 bits per heavy atom. The summed E-state index contributed by atoms with van der Waals surface area (Å²) in [6.07, 6.45) is -0.601. The fourth-order valence-corrected chi connectivity index (χ4v) is 5.03. The summed E-state index contributed by atoms with van der Waals surface area (Å²) in [6.45, 7) is 7.34. The maximum atomic E-state index is 13.7. The number of urea groups is 2. The molecule has 0 aliphatic carbocycles. The molecule has 5 rings (SSSR count). The number of carbonyl (C=O) groups excluding carboxylic acids is 3. The van der Waals surface area contributed by atoms with Gasteiger partial charge in [0.15, 0.2) is 23.0 Å². The van der Waals surface area contributed by atoms with Crippen molar-refractivity contribution in [1.29, 1.82) is 0 Å². The van der Waals surface area contributed by atoms with Crippen LogP contribution in [0.4, 0.5) is 26.7 Å². The van der Waals surface area contributed by atoms with E-state index in [4.69, 9.17) is 18.7 Å². The SMILES string of the molecule is Cc1noc(C)c1NC(=O)Nc1cccc2c1O[C@H](CN(C)C(=O)Nc1ccc3c(c1)OCO3)[C@@H](C)CN([C@@H](C)CO)C2=O. The molecule has 14 heteroatoms. The van der Waals surface area contributed by atoms with E-state index in [9.17, 15) is 19.5 Å². The number of likely N-dealkylation sites (N-methyl/N-ethyl adjacent to an activating group) is 1. The van der Waals surface area contributed by atoms with E-state index >= 15 is 0 Å². The van der Waals surface area contributed by atoms with Gasteiger partial charge in [-0.1, -0.05) is 18.1 Å². The van der Waals surface area contributed by atoms with Crippen LogP contribution in [0.3, 0.4) is 0 Å². The summed E-state index contributed by atoms with van der Waals surface area (Å²) in [5.41, 5.74) is 1.94.